The molecule has 0 aromatic carbocycles. The second-order valence-corrected chi connectivity index (χ2v) is 4.76. The molecule has 116 valence electrons. The molecule has 0 unspecified atom stereocenters. The van der Waals surface area contributed by atoms with Crippen LogP contribution in [-0.2, 0) is 11.3 Å². The number of hydrogen-bond donors (Lipinski definition) is 1. The Balaban J connectivity index is 2.84. The summed E-state index contributed by atoms with van der Waals surface area (Å²) in [6.07, 6.45) is 2.42. The molecular weight excluding hydrogens is 278 g/mol. The van der Waals surface area contributed by atoms with Crippen LogP contribution in [0.2, 0.25) is 0 Å². The first kappa shape index (κ1) is 16.7. The van der Waals surface area contributed by atoms with Crippen LogP contribution < -0.4 is 0 Å². The van der Waals surface area contributed by atoms with Crippen molar-refractivity contribution < 1.29 is 19.6 Å². The van der Waals surface area contributed by atoms with Crippen molar-refractivity contribution in [3.8, 4) is 0 Å². The molecule has 0 saturated carbocycles. The third-order valence-electron chi connectivity index (χ3n) is 3.01. The summed E-state index contributed by atoms with van der Waals surface area (Å²) in [6.45, 7) is 2.71. The lowest BCUT2D eigenvalue weighted by Gasteiger charge is -2.17. The largest absolute Gasteiger partial charge is 0.481 e. The van der Waals surface area contributed by atoms with Crippen molar-refractivity contribution in [2.45, 2.75) is 32.7 Å². The van der Waals surface area contributed by atoms with Crippen molar-refractivity contribution in [1.29, 1.82) is 0 Å². The molecule has 1 aromatic rings. The molecule has 1 heterocycles. The summed E-state index contributed by atoms with van der Waals surface area (Å²) >= 11 is 0. The van der Waals surface area contributed by atoms with Crippen LogP contribution in [0.5, 0.6) is 0 Å². The zero-order chi connectivity index (χ0) is 16.0. The molecule has 0 atom stereocenters. The van der Waals surface area contributed by atoms with Gasteiger partial charge in [-0.2, -0.15) is 0 Å². The van der Waals surface area contributed by atoms with Crippen LogP contribution >= 0.6 is 0 Å². The lowest BCUT2D eigenvalue weighted by Crippen LogP contribution is -2.29. The number of rotatable bonds is 8. The molecule has 8 nitrogen and oxygen atoms in total. The average Bonchev–Trinajstić information content (AvgIpc) is 2.82. The maximum Gasteiger partial charge on any atom is 0.303 e. The second-order valence-electron chi connectivity index (χ2n) is 4.76. The minimum atomic E-state index is -0.916. The van der Waals surface area contributed by atoms with Gasteiger partial charge < -0.3 is 14.6 Å². The van der Waals surface area contributed by atoms with Crippen molar-refractivity contribution in [2.24, 2.45) is 0 Å². The molecule has 1 N–H and O–H groups in total. The van der Waals surface area contributed by atoms with E-state index in [0.717, 1.165) is 6.42 Å². The van der Waals surface area contributed by atoms with E-state index in [1.165, 1.54) is 17.2 Å². The van der Waals surface area contributed by atoms with Crippen molar-refractivity contribution in [2.75, 3.05) is 13.6 Å². The number of aryl methyl sites for hydroxylation is 1. The van der Waals surface area contributed by atoms with Crippen LogP contribution in [0.15, 0.2) is 12.3 Å². The fourth-order valence-electron chi connectivity index (χ4n) is 1.96. The van der Waals surface area contributed by atoms with Gasteiger partial charge in [-0.25, -0.2) is 0 Å². The first-order valence-electron chi connectivity index (χ1n) is 6.68. The molecule has 1 amide bonds. The molecule has 0 bridgehead atoms. The first-order valence-corrected chi connectivity index (χ1v) is 6.68. The van der Waals surface area contributed by atoms with Gasteiger partial charge in [0.15, 0.2) is 0 Å². The highest BCUT2D eigenvalue weighted by molar-refractivity contribution is 5.93. The number of aromatic nitrogens is 1. The molecule has 0 aliphatic rings. The van der Waals surface area contributed by atoms with Crippen molar-refractivity contribution >= 4 is 17.6 Å². The summed E-state index contributed by atoms with van der Waals surface area (Å²) < 4.78 is 1.56. The molecule has 0 fully saturated rings. The van der Waals surface area contributed by atoms with Gasteiger partial charge in [0, 0.05) is 32.6 Å². The fraction of sp³-hybridized carbons (Fsp3) is 0.538. The topological polar surface area (TPSA) is 106 Å². The Morgan fingerprint density at radius 3 is 2.67 bits per heavy atom. The van der Waals surface area contributed by atoms with Gasteiger partial charge >= 0.3 is 5.97 Å². The summed E-state index contributed by atoms with van der Waals surface area (Å²) in [5.74, 6) is -1.26. The molecular formula is C13H19N3O5. The van der Waals surface area contributed by atoms with E-state index in [1.54, 1.807) is 11.6 Å². The third-order valence-corrected chi connectivity index (χ3v) is 3.01. The van der Waals surface area contributed by atoms with E-state index in [0.29, 0.717) is 13.0 Å². The van der Waals surface area contributed by atoms with Crippen LogP contribution in [0.4, 0.5) is 5.69 Å². The summed E-state index contributed by atoms with van der Waals surface area (Å²) in [5.41, 5.74) is 0.132. The number of carbonyl (C=O) groups excluding carboxylic acids is 1. The summed E-state index contributed by atoms with van der Waals surface area (Å²) in [6, 6.07) is 1.26. The minimum absolute atomic E-state index is 0.0201. The van der Waals surface area contributed by atoms with Gasteiger partial charge in [0.05, 0.1) is 11.1 Å². The zero-order valence-electron chi connectivity index (χ0n) is 12.1. The number of amides is 1. The standard InChI is InChI=1S/C13H19N3O5/c1-3-6-15-9-10(16(20)21)8-11(15)13(19)14(2)7-4-5-12(17)18/h8-9H,3-7H2,1-2H3,(H,17,18). The Morgan fingerprint density at radius 2 is 2.14 bits per heavy atom. The summed E-state index contributed by atoms with van der Waals surface area (Å²) in [7, 11) is 1.55. The maximum atomic E-state index is 12.3. The monoisotopic (exact) mass is 297 g/mol. The zero-order valence-corrected chi connectivity index (χ0v) is 12.1. The molecule has 0 spiro atoms. The summed E-state index contributed by atoms with van der Waals surface area (Å²) in [4.78, 5) is 34.4. The molecule has 0 saturated heterocycles. The Hall–Kier alpha value is -2.38. The van der Waals surface area contributed by atoms with Gasteiger partial charge in [0.2, 0.25) is 0 Å². The number of aliphatic carboxylic acids is 1. The molecule has 0 aliphatic carbocycles. The molecule has 1 rings (SSSR count). The van der Waals surface area contributed by atoms with Crippen molar-refractivity contribution in [3.05, 3.63) is 28.1 Å². The van der Waals surface area contributed by atoms with Gasteiger partial charge in [-0.1, -0.05) is 6.92 Å². The van der Waals surface area contributed by atoms with Crippen LogP contribution in [0.25, 0.3) is 0 Å². The normalized spacial score (nSPS) is 10.4. The lowest BCUT2D eigenvalue weighted by molar-refractivity contribution is -0.384. The van der Waals surface area contributed by atoms with E-state index in [9.17, 15) is 19.7 Å². The number of carboxylic acids is 1. The predicted molar refractivity (Wildman–Crippen MR) is 75.2 cm³/mol. The predicted octanol–water partition coefficient (Wildman–Crippen LogP) is 1.74. The number of carbonyl (C=O) groups is 2. The van der Waals surface area contributed by atoms with Gasteiger partial charge in [-0.3, -0.25) is 19.7 Å². The van der Waals surface area contributed by atoms with E-state index in [4.69, 9.17) is 5.11 Å². The van der Waals surface area contributed by atoms with Gasteiger partial charge in [-0.05, 0) is 12.8 Å². The highest BCUT2D eigenvalue weighted by atomic mass is 16.6. The summed E-state index contributed by atoms with van der Waals surface area (Å²) in [5, 5.41) is 19.4. The number of carboxylic acid groups (broad SMARTS) is 1. The lowest BCUT2D eigenvalue weighted by atomic mass is 10.3. The highest BCUT2D eigenvalue weighted by Crippen LogP contribution is 2.18. The average molecular weight is 297 g/mol. The van der Waals surface area contributed by atoms with Gasteiger partial charge in [0.25, 0.3) is 11.6 Å². The second kappa shape index (κ2) is 7.41. The minimum Gasteiger partial charge on any atom is -0.481 e. The van der Waals surface area contributed by atoms with Crippen LogP contribution in [0.3, 0.4) is 0 Å². The number of nitrogens with zero attached hydrogens (tertiary/aromatic N) is 3. The SMILES string of the molecule is CCCn1cc([N+](=O)[O-])cc1C(=O)N(C)CCCC(=O)O. The molecule has 1 aromatic heterocycles. The van der Waals surface area contributed by atoms with Crippen LogP contribution in [-0.4, -0.2) is 45.0 Å². The quantitative estimate of drug-likeness (QED) is 0.581. The van der Waals surface area contributed by atoms with E-state index in [-0.39, 0.29) is 30.3 Å². The maximum absolute atomic E-state index is 12.3. The fourth-order valence-corrected chi connectivity index (χ4v) is 1.96. The van der Waals surface area contributed by atoms with E-state index in [2.05, 4.69) is 0 Å². The van der Waals surface area contributed by atoms with Crippen LogP contribution in [0, 0.1) is 10.1 Å². The van der Waals surface area contributed by atoms with Gasteiger partial charge in [0.1, 0.15) is 5.69 Å². The molecule has 0 radical (unpaired) electrons. The Kier molecular flexibility index (Phi) is 5.89. The Bertz CT molecular complexity index is 538. The molecule has 21 heavy (non-hydrogen) atoms. The number of hydrogen-bond acceptors (Lipinski definition) is 4. The smallest absolute Gasteiger partial charge is 0.303 e. The molecule has 0 aliphatic heterocycles. The van der Waals surface area contributed by atoms with Gasteiger partial charge in [-0.15, -0.1) is 0 Å². The van der Waals surface area contributed by atoms with E-state index < -0.39 is 10.9 Å². The van der Waals surface area contributed by atoms with Crippen molar-refractivity contribution in [1.82, 2.24) is 9.47 Å². The Labute approximate surface area is 122 Å². The third kappa shape index (κ3) is 4.59. The van der Waals surface area contributed by atoms with Crippen LogP contribution in [0.1, 0.15) is 36.7 Å². The highest BCUT2D eigenvalue weighted by Gasteiger charge is 2.21. The van der Waals surface area contributed by atoms with E-state index >= 15 is 0 Å². The molecule has 8 heteroatoms. The van der Waals surface area contributed by atoms with Crippen molar-refractivity contribution in [3.63, 3.8) is 0 Å². The number of nitro groups is 1. The van der Waals surface area contributed by atoms with E-state index in [1.807, 2.05) is 6.92 Å². The first-order chi connectivity index (χ1) is 9.86. The Morgan fingerprint density at radius 1 is 1.48 bits per heavy atom.